The minimum Gasteiger partial charge on any atom is -0.486 e. The molecule has 0 fully saturated rings. The molecular weight excluding hydrogens is 416 g/mol. The Bertz CT molecular complexity index is 958. The Balaban J connectivity index is 1.64. The largest absolute Gasteiger partial charge is 0.486 e. The first-order valence-corrected chi connectivity index (χ1v) is 10.2. The Morgan fingerprint density at radius 3 is 2.25 bits per heavy atom. The molecule has 2 aromatic carbocycles. The summed E-state index contributed by atoms with van der Waals surface area (Å²) in [5.74, 6) is -0.176. The van der Waals surface area contributed by atoms with Gasteiger partial charge in [0.25, 0.3) is 0 Å². The van der Waals surface area contributed by atoms with Gasteiger partial charge in [-0.2, -0.15) is 0 Å². The van der Waals surface area contributed by atoms with E-state index in [4.69, 9.17) is 18.9 Å². The number of esters is 2. The first-order chi connectivity index (χ1) is 15.4. The lowest BCUT2D eigenvalue weighted by Gasteiger charge is -2.30. The van der Waals surface area contributed by atoms with Crippen LogP contribution in [-0.2, 0) is 14.3 Å². The second kappa shape index (κ2) is 10.6. The molecule has 1 N–H and O–H groups in total. The number of rotatable bonds is 8. The van der Waals surface area contributed by atoms with Crippen LogP contribution in [0.2, 0.25) is 0 Å². The van der Waals surface area contributed by atoms with Crippen LogP contribution < -0.4 is 14.8 Å². The number of likely N-dealkylation sites (N-methyl/N-ethyl adjacent to an activating group) is 1. The number of hydrogen-bond acceptors (Lipinski definition) is 8. The van der Waals surface area contributed by atoms with Crippen molar-refractivity contribution in [2.24, 2.45) is 0 Å². The number of fused-ring (bicyclic) bond motifs is 1. The number of benzene rings is 2. The van der Waals surface area contributed by atoms with Crippen LogP contribution in [0.4, 0.5) is 5.69 Å². The Morgan fingerprint density at radius 1 is 1.03 bits per heavy atom. The molecule has 0 radical (unpaired) electrons. The third kappa shape index (κ3) is 5.76. The average molecular weight is 442 g/mol. The van der Waals surface area contributed by atoms with Gasteiger partial charge in [0.2, 0.25) is 5.91 Å². The van der Waals surface area contributed by atoms with E-state index in [9.17, 15) is 14.4 Å². The number of hydrogen-bond donors (Lipinski definition) is 1. The monoisotopic (exact) mass is 442 g/mol. The van der Waals surface area contributed by atoms with E-state index in [1.165, 1.54) is 32.4 Å². The maximum atomic E-state index is 12.7. The van der Waals surface area contributed by atoms with Gasteiger partial charge in [-0.05, 0) is 36.9 Å². The number of methoxy groups -OCH3 is 2. The normalized spacial score (nSPS) is 14.6. The highest BCUT2D eigenvalue weighted by atomic mass is 16.6. The maximum Gasteiger partial charge on any atom is 0.337 e. The molecule has 0 saturated carbocycles. The summed E-state index contributed by atoms with van der Waals surface area (Å²) in [5, 5.41) is 2.73. The molecule has 170 valence electrons. The van der Waals surface area contributed by atoms with E-state index in [1.807, 2.05) is 36.1 Å². The van der Waals surface area contributed by atoms with Crippen molar-refractivity contribution < 1.29 is 33.3 Å². The Kier molecular flexibility index (Phi) is 7.67. The van der Waals surface area contributed by atoms with Crippen LogP contribution in [0.25, 0.3) is 0 Å². The predicted molar refractivity (Wildman–Crippen MR) is 116 cm³/mol. The fourth-order valence-corrected chi connectivity index (χ4v) is 3.32. The molecule has 0 aromatic heterocycles. The molecule has 9 heteroatoms. The van der Waals surface area contributed by atoms with Crippen molar-refractivity contribution in [2.45, 2.75) is 13.0 Å². The molecular formula is C23H26N2O7. The summed E-state index contributed by atoms with van der Waals surface area (Å²) in [5.41, 5.74) is 0.550. The molecule has 3 rings (SSSR count). The van der Waals surface area contributed by atoms with Gasteiger partial charge in [0.05, 0.1) is 31.9 Å². The molecule has 1 aliphatic rings. The number of carbonyl (C=O) groups is 3. The first-order valence-electron chi connectivity index (χ1n) is 10.2. The molecule has 1 heterocycles. The Hall–Kier alpha value is -3.59. The molecule has 32 heavy (non-hydrogen) atoms. The van der Waals surface area contributed by atoms with Gasteiger partial charge in [0, 0.05) is 12.2 Å². The van der Waals surface area contributed by atoms with Crippen molar-refractivity contribution in [1.82, 2.24) is 4.90 Å². The minimum atomic E-state index is -0.629. The number of carbonyl (C=O) groups excluding carboxylic acids is 3. The molecule has 1 unspecified atom stereocenters. The van der Waals surface area contributed by atoms with Crippen LogP contribution in [0.1, 0.15) is 27.6 Å². The zero-order valence-electron chi connectivity index (χ0n) is 18.3. The fourth-order valence-electron chi connectivity index (χ4n) is 3.32. The second-order valence-corrected chi connectivity index (χ2v) is 7.16. The van der Waals surface area contributed by atoms with Gasteiger partial charge in [0.1, 0.15) is 12.7 Å². The number of ether oxygens (including phenoxy) is 4. The van der Waals surface area contributed by atoms with Crippen LogP contribution in [-0.4, -0.2) is 69.3 Å². The molecule has 1 atom stereocenters. The number of nitrogens with zero attached hydrogens (tertiary/aromatic N) is 1. The summed E-state index contributed by atoms with van der Waals surface area (Å²) >= 11 is 0. The highest BCUT2D eigenvalue weighted by Gasteiger charge is 2.24. The van der Waals surface area contributed by atoms with E-state index in [0.29, 0.717) is 36.9 Å². The van der Waals surface area contributed by atoms with Gasteiger partial charge in [-0.15, -0.1) is 0 Å². The summed E-state index contributed by atoms with van der Waals surface area (Å²) in [6.45, 7) is 3.53. The van der Waals surface area contributed by atoms with Crippen LogP contribution in [0, 0.1) is 0 Å². The van der Waals surface area contributed by atoms with Crippen LogP contribution in [0.5, 0.6) is 11.5 Å². The number of para-hydroxylation sites is 2. The van der Waals surface area contributed by atoms with Crippen molar-refractivity contribution >= 4 is 23.5 Å². The number of anilines is 1. The molecule has 0 bridgehead atoms. The molecule has 1 aliphatic heterocycles. The van der Waals surface area contributed by atoms with E-state index in [0.717, 1.165) is 0 Å². The zero-order chi connectivity index (χ0) is 23.1. The topological polar surface area (TPSA) is 103 Å². The van der Waals surface area contributed by atoms with Crippen molar-refractivity contribution in [2.75, 3.05) is 45.8 Å². The molecule has 2 aromatic rings. The standard InChI is InChI=1S/C23H26N2O7/c1-4-25(12-18-14-31-19-7-5-6-8-20(19)32-18)13-21(26)24-17-10-15(22(27)29-2)9-16(11-17)23(28)30-3/h5-11,18H,4,12-14H2,1-3H3,(H,24,26). The zero-order valence-corrected chi connectivity index (χ0v) is 18.3. The van der Waals surface area contributed by atoms with E-state index < -0.39 is 11.9 Å². The van der Waals surface area contributed by atoms with Gasteiger partial charge in [-0.3, -0.25) is 9.69 Å². The van der Waals surface area contributed by atoms with Crippen LogP contribution in [0.3, 0.4) is 0 Å². The third-order valence-corrected chi connectivity index (χ3v) is 4.90. The summed E-state index contributed by atoms with van der Waals surface area (Å²) in [7, 11) is 2.47. The van der Waals surface area contributed by atoms with Crippen molar-refractivity contribution in [1.29, 1.82) is 0 Å². The lowest BCUT2D eigenvalue weighted by molar-refractivity contribution is -0.117. The molecule has 9 nitrogen and oxygen atoms in total. The highest BCUT2D eigenvalue weighted by Crippen LogP contribution is 2.31. The van der Waals surface area contributed by atoms with Gasteiger partial charge in [-0.1, -0.05) is 19.1 Å². The van der Waals surface area contributed by atoms with Crippen LogP contribution in [0.15, 0.2) is 42.5 Å². The number of amides is 1. The predicted octanol–water partition coefficient (Wildman–Crippen LogP) is 2.36. The average Bonchev–Trinajstić information content (AvgIpc) is 2.82. The van der Waals surface area contributed by atoms with E-state index in [2.05, 4.69) is 5.32 Å². The van der Waals surface area contributed by atoms with E-state index in [1.54, 1.807) is 0 Å². The van der Waals surface area contributed by atoms with Crippen LogP contribution >= 0.6 is 0 Å². The maximum absolute atomic E-state index is 12.7. The van der Waals surface area contributed by atoms with Gasteiger partial charge in [0.15, 0.2) is 11.5 Å². The molecule has 0 aliphatic carbocycles. The van der Waals surface area contributed by atoms with Gasteiger partial charge in [-0.25, -0.2) is 9.59 Å². The van der Waals surface area contributed by atoms with Crippen molar-refractivity contribution in [3.05, 3.63) is 53.6 Å². The summed E-state index contributed by atoms with van der Waals surface area (Å²) in [6, 6.07) is 11.7. The molecule has 0 spiro atoms. The summed E-state index contributed by atoms with van der Waals surface area (Å²) in [6.07, 6.45) is -0.216. The third-order valence-electron chi connectivity index (χ3n) is 4.90. The quantitative estimate of drug-likeness (QED) is 0.622. The van der Waals surface area contributed by atoms with Gasteiger partial charge >= 0.3 is 11.9 Å². The summed E-state index contributed by atoms with van der Waals surface area (Å²) in [4.78, 5) is 38.4. The Morgan fingerprint density at radius 2 is 1.66 bits per heavy atom. The van der Waals surface area contributed by atoms with Gasteiger partial charge < -0.3 is 24.3 Å². The lowest BCUT2D eigenvalue weighted by Crippen LogP contribution is -2.43. The van der Waals surface area contributed by atoms with E-state index in [-0.39, 0.29) is 29.7 Å². The van der Waals surface area contributed by atoms with Crippen molar-refractivity contribution in [3.8, 4) is 11.5 Å². The first kappa shape index (κ1) is 23.1. The smallest absolute Gasteiger partial charge is 0.337 e. The fraction of sp³-hybridized carbons (Fsp3) is 0.348. The minimum absolute atomic E-state index is 0.0913. The van der Waals surface area contributed by atoms with E-state index >= 15 is 0 Å². The highest BCUT2D eigenvalue weighted by molar-refractivity contribution is 5.99. The SMILES string of the molecule is CCN(CC(=O)Nc1cc(C(=O)OC)cc(C(=O)OC)c1)CC1COc2ccccc2O1. The Labute approximate surface area is 186 Å². The number of nitrogens with one attached hydrogen (secondary N) is 1. The summed E-state index contributed by atoms with van der Waals surface area (Å²) < 4.78 is 21.1. The second-order valence-electron chi connectivity index (χ2n) is 7.16. The molecule has 1 amide bonds. The molecule has 0 saturated heterocycles. The lowest BCUT2D eigenvalue weighted by atomic mass is 10.1. The van der Waals surface area contributed by atoms with Crippen molar-refractivity contribution in [3.63, 3.8) is 0 Å².